The number of methoxy groups -OCH3 is 1. The Balaban J connectivity index is 0.00000264. The fraction of sp³-hybridized carbons (Fsp3) is 0.625. The minimum Gasteiger partial charge on any atom is -0.380 e. The number of nitrogens with zero attached hydrogens (tertiary/aromatic N) is 1. The van der Waals surface area contributed by atoms with Gasteiger partial charge in [-0.15, -0.1) is 12.4 Å². The van der Waals surface area contributed by atoms with Crippen molar-refractivity contribution in [1.82, 2.24) is 9.62 Å². The van der Waals surface area contributed by atoms with Gasteiger partial charge in [0.05, 0.1) is 11.5 Å². The van der Waals surface area contributed by atoms with Gasteiger partial charge in [0, 0.05) is 20.2 Å². The van der Waals surface area contributed by atoms with Crippen molar-refractivity contribution in [3.8, 4) is 0 Å². The molecule has 0 spiro atoms. The van der Waals surface area contributed by atoms with Crippen molar-refractivity contribution in [1.29, 1.82) is 0 Å². The van der Waals surface area contributed by atoms with E-state index >= 15 is 0 Å². The molecule has 1 aromatic rings. The molecule has 0 aromatic heterocycles. The molecule has 23 heavy (non-hydrogen) atoms. The van der Waals surface area contributed by atoms with Crippen LogP contribution in [0.5, 0.6) is 0 Å². The fourth-order valence-electron chi connectivity index (χ4n) is 2.81. The molecular formula is C16H27ClN2O3S. The SMILES string of the molecule is CCNCC1CCN(S(=O)(=O)c2cccc(COC)c2)CC1.Cl. The van der Waals surface area contributed by atoms with E-state index in [0.717, 1.165) is 31.5 Å². The Morgan fingerprint density at radius 1 is 1.30 bits per heavy atom. The lowest BCUT2D eigenvalue weighted by Crippen LogP contribution is -2.40. The van der Waals surface area contributed by atoms with E-state index < -0.39 is 10.0 Å². The third kappa shape index (κ3) is 5.43. The van der Waals surface area contributed by atoms with Gasteiger partial charge < -0.3 is 10.1 Å². The second kappa shape index (κ2) is 9.59. The van der Waals surface area contributed by atoms with E-state index in [0.29, 0.717) is 30.5 Å². The van der Waals surface area contributed by atoms with Crippen molar-refractivity contribution in [2.24, 2.45) is 5.92 Å². The van der Waals surface area contributed by atoms with E-state index in [1.165, 1.54) is 0 Å². The quantitative estimate of drug-likeness (QED) is 0.808. The average Bonchev–Trinajstić information content (AvgIpc) is 2.54. The molecule has 0 atom stereocenters. The number of hydrogen-bond donors (Lipinski definition) is 1. The number of nitrogens with one attached hydrogen (secondary N) is 1. The number of rotatable bonds is 7. The molecule has 1 N–H and O–H groups in total. The van der Waals surface area contributed by atoms with Crippen molar-refractivity contribution in [2.75, 3.05) is 33.3 Å². The van der Waals surface area contributed by atoms with Crippen LogP contribution in [-0.4, -0.2) is 46.0 Å². The van der Waals surface area contributed by atoms with Gasteiger partial charge in [-0.25, -0.2) is 8.42 Å². The summed E-state index contributed by atoms with van der Waals surface area (Å²) in [5.41, 5.74) is 0.880. The van der Waals surface area contributed by atoms with E-state index in [4.69, 9.17) is 4.74 Å². The summed E-state index contributed by atoms with van der Waals surface area (Å²) in [5.74, 6) is 0.575. The van der Waals surface area contributed by atoms with E-state index in [1.807, 2.05) is 6.07 Å². The second-order valence-electron chi connectivity index (χ2n) is 5.74. The summed E-state index contributed by atoms with van der Waals surface area (Å²) in [7, 11) is -1.78. The molecule has 0 bridgehead atoms. The molecule has 1 aromatic carbocycles. The van der Waals surface area contributed by atoms with Crippen LogP contribution in [0.15, 0.2) is 29.2 Å². The van der Waals surface area contributed by atoms with Gasteiger partial charge in [-0.1, -0.05) is 19.1 Å². The summed E-state index contributed by atoms with van der Waals surface area (Å²) in [6, 6.07) is 7.03. The molecule has 0 radical (unpaired) electrons. The lowest BCUT2D eigenvalue weighted by Gasteiger charge is -2.31. The minimum absolute atomic E-state index is 0. The monoisotopic (exact) mass is 362 g/mol. The van der Waals surface area contributed by atoms with Crippen molar-refractivity contribution in [3.63, 3.8) is 0 Å². The molecule has 1 aliphatic heterocycles. The highest BCUT2D eigenvalue weighted by atomic mass is 35.5. The van der Waals surface area contributed by atoms with E-state index in [-0.39, 0.29) is 12.4 Å². The lowest BCUT2D eigenvalue weighted by atomic mass is 9.98. The Morgan fingerprint density at radius 2 is 2.00 bits per heavy atom. The molecule has 1 heterocycles. The third-order valence-corrected chi connectivity index (χ3v) is 6.00. The van der Waals surface area contributed by atoms with Crippen LogP contribution in [0.3, 0.4) is 0 Å². The first kappa shape index (κ1) is 20.4. The molecule has 7 heteroatoms. The molecular weight excluding hydrogens is 336 g/mol. The third-order valence-electron chi connectivity index (χ3n) is 4.10. The van der Waals surface area contributed by atoms with Crippen LogP contribution in [0.2, 0.25) is 0 Å². The van der Waals surface area contributed by atoms with Gasteiger partial charge in [-0.2, -0.15) is 4.31 Å². The summed E-state index contributed by atoms with van der Waals surface area (Å²) in [5, 5.41) is 3.34. The van der Waals surface area contributed by atoms with Crippen molar-refractivity contribution >= 4 is 22.4 Å². The van der Waals surface area contributed by atoms with Crippen LogP contribution in [-0.2, 0) is 21.4 Å². The standard InChI is InChI=1S/C16H26N2O3S.ClH/c1-3-17-12-14-7-9-18(10-8-14)22(19,20)16-6-4-5-15(11-16)13-21-2;/h4-6,11,14,17H,3,7-10,12-13H2,1-2H3;1H. The lowest BCUT2D eigenvalue weighted by molar-refractivity contribution is 0.184. The van der Waals surface area contributed by atoms with Gasteiger partial charge in [0.15, 0.2) is 0 Å². The van der Waals surface area contributed by atoms with Gasteiger partial charge in [0.2, 0.25) is 10.0 Å². The second-order valence-corrected chi connectivity index (χ2v) is 7.67. The van der Waals surface area contributed by atoms with Crippen LogP contribution in [0.4, 0.5) is 0 Å². The predicted molar refractivity (Wildman–Crippen MR) is 94.4 cm³/mol. The normalized spacial score (nSPS) is 17.0. The Labute approximate surface area is 145 Å². The Bertz CT molecular complexity index is 572. The van der Waals surface area contributed by atoms with Gasteiger partial charge in [0.1, 0.15) is 0 Å². The smallest absolute Gasteiger partial charge is 0.243 e. The predicted octanol–water partition coefficient (Wildman–Crippen LogP) is 2.27. The Hall–Kier alpha value is -0.660. The van der Waals surface area contributed by atoms with Gasteiger partial charge in [-0.3, -0.25) is 0 Å². The molecule has 2 rings (SSSR count). The van der Waals surface area contributed by atoms with Crippen LogP contribution in [0.25, 0.3) is 0 Å². The molecule has 0 unspecified atom stereocenters. The molecule has 1 aliphatic rings. The average molecular weight is 363 g/mol. The highest BCUT2D eigenvalue weighted by Gasteiger charge is 2.29. The first-order chi connectivity index (χ1) is 10.6. The largest absolute Gasteiger partial charge is 0.380 e. The first-order valence-electron chi connectivity index (χ1n) is 7.86. The van der Waals surface area contributed by atoms with Crippen molar-refractivity contribution in [2.45, 2.75) is 31.3 Å². The minimum atomic E-state index is -3.39. The molecule has 0 aliphatic carbocycles. The number of hydrogen-bond acceptors (Lipinski definition) is 4. The molecule has 132 valence electrons. The zero-order valence-electron chi connectivity index (χ0n) is 13.8. The number of piperidine rings is 1. The van der Waals surface area contributed by atoms with E-state index in [1.54, 1.807) is 29.6 Å². The molecule has 1 fully saturated rings. The van der Waals surface area contributed by atoms with E-state index in [2.05, 4.69) is 12.2 Å². The number of halogens is 1. The summed E-state index contributed by atoms with van der Waals surface area (Å²) in [6.07, 6.45) is 1.84. The van der Waals surface area contributed by atoms with Crippen LogP contribution in [0.1, 0.15) is 25.3 Å². The highest BCUT2D eigenvalue weighted by Crippen LogP contribution is 2.24. The molecule has 0 saturated carbocycles. The van der Waals surface area contributed by atoms with Crippen molar-refractivity contribution < 1.29 is 13.2 Å². The van der Waals surface area contributed by atoms with Crippen molar-refractivity contribution in [3.05, 3.63) is 29.8 Å². The highest BCUT2D eigenvalue weighted by molar-refractivity contribution is 7.89. The van der Waals surface area contributed by atoms with E-state index in [9.17, 15) is 8.42 Å². The topological polar surface area (TPSA) is 58.6 Å². The van der Waals surface area contributed by atoms with Gasteiger partial charge >= 0.3 is 0 Å². The fourth-order valence-corrected chi connectivity index (χ4v) is 4.35. The van der Waals surface area contributed by atoms with Gasteiger partial charge in [-0.05, 0) is 49.5 Å². The maximum Gasteiger partial charge on any atom is 0.243 e. The van der Waals surface area contributed by atoms with Gasteiger partial charge in [0.25, 0.3) is 0 Å². The zero-order valence-corrected chi connectivity index (χ0v) is 15.5. The summed E-state index contributed by atoms with van der Waals surface area (Å²) in [6.45, 7) is 5.67. The van der Waals surface area contributed by atoms with Crippen LogP contribution < -0.4 is 5.32 Å². The maximum absolute atomic E-state index is 12.7. The van der Waals surface area contributed by atoms with Crippen LogP contribution in [0, 0.1) is 5.92 Å². The molecule has 5 nitrogen and oxygen atoms in total. The molecule has 1 saturated heterocycles. The number of ether oxygens (including phenoxy) is 1. The summed E-state index contributed by atoms with van der Waals surface area (Å²) < 4.78 is 32.2. The number of sulfonamides is 1. The Morgan fingerprint density at radius 3 is 2.61 bits per heavy atom. The zero-order chi connectivity index (χ0) is 16.0. The number of benzene rings is 1. The summed E-state index contributed by atoms with van der Waals surface area (Å²) >= 11 is 0. The summed E-state index contributed by atoms with van der Waals surface area (Å²) in [4.78, 5) is 0.368. The Kier molecular flexibility index (Phi) is 8.50. The maximum atomic E-state index is 12.7. The van der Waals surface area contributed by atoms with Crippen LogP contribution >= 0.6 is 12.4 Å². The molecule has 0 amide bonds. The first-order valence-corrected chi connectivity index (χ1v) is 9.30.